The second-order valence-electron chi connectivity index (χ2n) is 32.1. The average Bonchev–Trinajstić information content (AvgIpc) is 0.817. The van der Waals surface area contributed by atoms with Gasteiger partial charge in [-0.05, 0) is 88.0 Å². The molecule has 18 rings (SSSR count). The fraction of sp³-hybridized carbons (Fsp3) is 0.138. The number of phenols is 2. The second-order valence-corrected chi connectivity index (χ2v) is 32.1. The van der Waals surface area contributed by atoms with Gasteiger partial charge in [-0.2, -0.15) is 0 Å². The van der Waals surface area contributed by atoms with Crippen LogP contribution in [0.1, 0.15) is 103 Å². The van der Waals surface area contributed by atoms with Crippen LogP contribution in [0.2, 0.25) is 0 Å². The largest absolute Gasteiger partial charge is 0.504 e. The lowest BCUT2D eigenvalue weighted by molar-refractivity contribution is -0.387. The zero-order chi connectivity index (χ0) is 92.6. The molecule has 1 fully saturated rings. The number of nitrogens with zero attached hydrogens (tertiary/aromatic N) is 1. The molecule has 3 aliphatic heterocycles. The monoisotopic (exact) mass is 1790 g/mol. The van der Waals surface area contributed by atoms with E-state index in [1.54, 1.807) is 303 Å². The van der Waals surface area contributed by atoms with E-state index in [9.17, 15) is 25.4 Å². The Morgan fingerprint density at radius 3 is 0.985 bits per heavy atom. The molecule has 3 aliphatic rings. The van der Waals surface area contributed by atoms with Crippen LogP contribution in [-0.2, 0) is 67.3 Å². The van der Waals surface area contributed by atoms with Gasteiger partial charge in [0.05, 0.1) is 17.1 Å². The molecule has 0 amide bonds. The molecule has 1 saturated heterocycles. The van der Waals surface area contributed by atoms with E-state index >= 15 is 34.5 Å². The third kappa shape index (κ3) is 17.2. The van der Waals surface area contributed by atoms with Gasteiger partial charge in [0.15, 0.2) is 63.7 Å². The van der Waals surface area contributed by atoms with Crippen LogP contribution in [0.15, 0.2) is 376 Å². The molecule has 1 unspecified atom stereocenters. The maximum Gasteiger partial charge on any atom is 0.305 e. The maximum atomic E-state index is 18.4. The number of hydrogen-bond acceptors (Lipinski definition) is 24. The summed E-state index contributed by atoms with van der Waals surface area (Å²) in [5, 5.41) is 99.5. The molecule has 0 saturated carbocycles. The Bertz CT molecular complexity index is 6570. The normalized spacial score (nSPS) is 17.8. The van der Waals surface area contributed by atoms with Crippen molar-refractivity contribution in [1.29, 1.82) is 0 Å². The summed E-state index contributed by atoms with van der Waals surface area (Å²) in [6.07, 6.45) is -9.86. The molecule has 6 atom stereocenters. The molecule has 670 valence electrons. The van der Waals surface area contributed by atoms with E-state index in [4.69, 9.17) is 56.8 Å². The fourth-order valence-electron chi connectivity index (χ4n) is 16.7. The number of nitro groups is 1. The first-order valence-electron chi connectivity index (χ1n) is 42.8. The van der Waals surface area contributed by atoms with Crippen LogP contribution >= 0.6 is 0 Å². The van der Waals surface area contributed by atoms with Gasteiger partial charge in [-0.1, -0.05) is 315 Å². The molecular weight excluding hydrogens is 1710 g/mol. The highest BCUT2D eigenvalue weighted by Crippen LogP contribution is 2.58. The van der Waals surface area contributed by atoms with E-state index in [-0.39, 0.29) is 91.2 Å². The maximum absolute atomic E-state index is 18.4. The summed E-state index contributed by atoms with van der Waals surface area (Å²) in [7, 11) is 0. The summed E-state index contributed by atoms with van der Waals surface area (Å²) in [6.45, 7) is -2.76. The van der Waals surface area contributed by atoms with Crippen LogP contribution in [0, 0.1) is 10.1 Å². The van der Waals surface area contributed by atoms with Gasteiger partial charge in [0, 0.05) is 50.6 Å². The topological polar surface area (TPSA) is 344 Å². The number of carbonyl (C=O) groups is 4. The predicted octanol–water partition coefficient (Wildman–Crippen LogP) is 18.2. The van der Waals surface area contributed by atoms with Gasteiger partial charge in [0.2, 0.25) is 51.5 Å². The van der Waals surface area contributed by atoms with Gasteiger partial charge in [-0.25, -0.2) is 0 Å². The lowest BCUT2D eigenvalue weighted by Gasteiger charge is -2.58. The second kappa shape index (κ2) is 38.0. The van der Waals surface area contributed by atoms with E-state index in [0.717, 1.165) is 54.6 Å². The molecule has 0 aromatic heterocycles. The number of benzene rings is 15. The van der Waals surface area contributed by atoms with Gasteiger partial charge >= 0.3 is 11.6 Å². The van der Waals surface area contributed by atoms with Crippen LogP contribution in [0.5, 0.6) is 69.0 Å². The summed E-state index contributed by atoms with van der Waals surface area (Å²) in [4.78, 5) is 83.3. The van der Waals surface area contributed by atoms with Crippen LogP contribution in [0.4, 0.5) is 5.69 Å². The zero-order valence-corrected chi connectivity index (χ0v) is 71.5. The number of carbonyl (C=O) groups excluding carboxylic acids is 4. The number of rotatable bonds is 35. The Balaban J connectivity index is 0.906. The van der Waals surface area contributed by atoms with Crippen LogP contribution in [0.25, 0.3) is 0 Å². The van der Waals surface area contributed by atoms with Gasteiger partial charge in [-0.3, -0.25) is 29.3 Å². The molecule has 0 aliphatic carbocycles. The third-order valence-corrected chi connectivity index (χ3v) is 23.5. The standard InChI is InChI=1S/C109H85NO24/c111-86-55-77(57-92-96(86)133-107(131-92,81-46-23-7-24-47-81)82-48-25-8-26-49-82)94(113)95(114)103-105(118,100(115)78-56-87(112)97-93(62-78)132-108(134-97,83-50-27-9-28-51-83)84-52-29-10-30-53-84)109(120,102(117)80-60-90(125-65-72-37-15-3-16-38-72)99(128-68-75-43-21-6-22-44-75)91(61-80)126-66-73-39-17-4-18-40-73)106(119,104(130-103)129-69-76-45-31-32-54-85(76)110(121)122)101(116)79-58-88(123-63-70-33-11-1-12-34-70)98(127-67-74-41-19-5-20-42-74)89(59-79)124-64-71-35-13-2-14-36-71/h1-62,95,103-104,111-112,114,118-120H,63-69H2/t95?,103-,104-,105-,106+,109+/m1/s1. The summed E-state index contributed by atoms with van der Waals surface area (Å²) in [6, 6.07) is 99.4. The smallest absolute Gasteiger partial charge is 0.305 e. The van der Waals surface area contributed by atoms with Gasteiger partial charge in [0.1, 0.15) is 51.8 Å². The number of fused-ring (bicyclic) bond motifs is 2. The highest BCUT2D eigenvalue weighted by molar-refractivity contribution is 6.20. The molecular formula is C109H85NO24. The zero-order valence-electron chi connectivity index (χ0n) is 71.5. The highest BCUT2D eigenvalue weighted by Gasteiger charge is 2.82. The van der Waals surface area contributed by atoms with E-state index in [0.29, 0.717) is 55.6 Å². The summed E-state index contributed by atoms with van der Waals surface area (Å²) < 4.78 is 80.8. The number of nitro benzene ring substituents is 1. The van der Waals surface area contributed by atoms with Crippen molar-refractivity contribution >= 4 is 28.8 Å². The first-order valence-corrected chi connectivity index (χ1v) is 42.8. The van der Waals surface area contributed by atoms with Crippen molar-refractivity contribution in [2.45, 2.75) is 93.1 Å². The van der Waals surface area contributed by atoms with Crippen molar-refractivity contribution in [2.24, 2.45) is 0 Å². The molecule has 15 aromatic carbocycles. The Morgan fingerprint density at radius 1 is 0.343 bits per heavy atom. The number of ether oxygens (including phenoxy) is 12. The van der Waals surface area contributed by atoms with Crippen molar-refractivity contribution in [3.63, 3.8) is 0 Å². The molecule has 25 heteroatoms. The average molecular weight is 1790 g/mol. The molecule has 15 aromatic rings. The van der Waals surface area contributed by atoms with E-state index in [1.165, 1.54) is 18.2 Å². The SMILES string of the molecule is O=C(c1cc(O)c2c(c1)OC(c1ccccc1)(c1ccccc1)O2)C(O)[C@H]1O[C@@H](OCc2ccccc2[N+](=O)[O-])[C@@](O)(C(=O)c2cc(OCc3ccccc3)c(OCc3ccccc3)c(OCc3ccccc3)c2)[C@](O)(C(=O)c2cc(OCc3ccccc3)c(OCc3ccccc3)c(OCc3ccccc3)c2)[C@@]1(O)C(=O)c1cc(O)c2c(c1)OC(c1ccccc1)(c1ccccc1)O2. The molecule has 0 bridgehead atoms. The predicted molar refractivity (Wildman–Crippen MR) is 488 cm³/mol. The molecule has 6 N–H and O–H groups in total. The number of aromatic hydroxyl groups is 2. The minimum absolute atomic E-state index is 0.166. The fourth-order valence-corrected chi connectivity index (χ4v) is 16.7. The van der Waals surface area contributed by atoms with E-state index < -0.39 is 132 Å². The minimum atomic E-state index is -4.91. The van der Waals surface area contributed by atoms with Gasteiger partial charge in [0.25, 0.3) is 5.69 Å². The molecule has 3 heterocycles. The Morgan fingerprint density at radius 2 is 0.634 bits per heavy atom. The molecule has 134 heavy (non-hydrogen) atoms. The number of aliphatic hydroxyl groups is 4. The van der Waals surface area contributed by atoms with E-state index in [1.807, 2.05) is 0 Å². The highest BCUT2D eigenvalue weighted by atomic mass is 16.7. The molecule has 0 spiro atoms. The Hall–Kier alpha value is -16.3. The van der Waals surface area contributed by atoms with Crippen molar-refractivity contribution in [3.05, 3.63) is 470 Å². The van der Waals surface area contributed by atoms with Gasteiger partial charge < -0.3 is 87.5 Å². The summed E-state index contributed by atoms with van der Waals surface area (Å²) in [5.41, 5.74) is -13.7. The number of para-hydroxylation sites is 1. The number of ketones is 4. The quantitative estimate of drug-likeness (QED) is 0.0122. The Kier molecular flexibility index (Phi) is 25.1. The van der Waals surface area contributed by atoms with Crippen LogP contribution in [0.3, 0.4) is 0 Å². The van der Waals surface area contributed by atoms with Crippen molar-refractivity contribution in [3.8, 4) is 69.0 Å². The Labute approximate surface area is 768 Å². The van der Waals surface area contributed by atoms with Crippen molar-refractivity contribution < 1.29 is 112 Å². The van der Waals surface area contributed by atoms with Crippen LogP contribution < -0.4 is 47.4 Å². The van der Waals surface area contributed by atoms with Crippen molar-refractivity contribution in [1.82, 2.24) is 0 Å². The number of Topliss-reactive ketones (excluding diaryl/α,β-unsaturated/α-hetero) is 4. The van der Waals surface area contributed by atoms with Gasteiger partial charge in [-0.15, -0.1) is 0 Å². The third-order valence-electron chi connectivity index (χ3n) is 23.5. The van der Waals surface area contributed by atoms with E-state index in [2.05, 4.69) is 0 Å². The minimum Gasteiger partial charge on any atom is -0.504 e. The number of phenolic OH excluding ortho intramolecular Hbond substituents is 2. The lowest BCUT2D eigenvalue weighted by Crippen LogP contribution is -2.88. The molecule has 0 radical (unpaired) electrons. The van der Waals surface area contributed by atoms with Crippen molar-refractivity contribution in [2.75, 3.05) is 0 Å². The molecule has 25 nitrogen and oxygen atoms in total. The number of aliphatic hydroxyl groups excluding tert-OH is 1. The first-order chi connectivity index (χ1) is 65.2. The lowest BCUT2D eigenvalue weighted by atomic mass is 9.57. The summed E-state index contributed by atoms with van der Waals surface area (Å²) >= 11 is 0. The number of hydrogen-bond donors (Lipinski definition) is 6. The van der Waals surface area contributed by atoms with Crippen LogP contribution in [-0.4, -0.2) is 94.0 Å². The summed E-state index contributed by atoms with van der Waals surface area (Å²) in [5.74, 6) is -16.6. The first kappa shape index (κ1) is 88.4.